The number of aliphatic hydroxyl groups is 1. The summed E-state index contributed by atoms with van der Waals surface area (Å²) >= 11 is 0. The molecule has 2 rings (SSSR count). The van der Waals surface area contributed by atoms with Crippen LogP contribution in [0.4, 0.5) is 18.9 Å². The number of rotatable bonds is 5. The van der Waals surface area contributed by atoms with Gasteiger partial charge in [0.1, 0.15) is 0 Å². The van der Waals surface area contributed by atoms with Crippen LogP contribution >= 0.6 is 0 Å². The molecule has 1 aromatic rings. The van der Waals surface area contributed by atoms with Crippen molar-refractivity contribution in [2.45, 2.75) is 37.6 Å². The number of likely N-dealkylation sites (N-methyl/N-ethyl adjacent to an activating group) is 1. The summed E-state index contributed by atoms with van der Waals surface area (Å²) in [5, 5.41) is 9.57. The Morgan fingerprint density at radius 3 is 2.61 bits per heavy atom. The zero-order chi connectivity index (χ0) is 17.0. The van der Waals surface area contributed by atoms with Crippen molar-refractivity contribution < 1.29 is 23.1 Å². The monoisotopic (exact) mass is 330 g/mol. The summed E-state index contributed by atoms with van der Waals surface area (Å²) in [4.78, 5) is 15.8. The molecule has 23 heavy (non-hydrogen) atoms. The number of aliphatic hydroxyl groups excluding tert-OH is 1. The van der Waals surface area contributed by atoms with Gasteiger partial charge in [0.25, 0.3) is 0 Å². The predicted octanol–water partition coefficient (Wildman–Crippen LogP) is 2.43. The van der Waals surface area contributed by atoms with Gasteiger partial charge in [0, 0.05) is 18.8 Å². The molecule has 0 spiro atoms. The van der Waals surface area contributed by atoms with Crippen molar-refractivity contribution in [1.82, 2.24) is 4.90 Å². The highest BCUT2D eigenvalue weighted by molar-refractivity contribution is 5.97. The van der Waals surface area contributed by atoms with Crippen molar-refractivity contribution in [3.8, 4) is 0 Å². The molecule has 7 heteroatoms. The number of halogens is 3. The number of amides is 1. The molecule has 1 aromatic carbocycles. The molecule has 1 aliphatic heterocycles. The van der Waals surface area contributed by atoms with Gasteiger partial charge in [0.05, 0.1) is 18.6 Å². The number of carbonyl (C=O) groups is 1. The molecule has 1 aliphatic rings. The molecule has 128 valence electrons. The minimum atomic E-state index is -4.41. The average molecular weight is 330 g/mol. The first-order valence-corrected chi connectivity index (χ1v) is 7.59. The van der Waals surface area contributed by atoms with E-state index < -0.39 is 24.7 Å². The zero-order valence-corrected chi connectivity index (χ0v) is 13.0. The number of anilines is 1. The third kappa shape index (κ3) is 4.94. The minimum Gasteiger partial charge on any atom is -0.391 e. The summed E-state index contributed by atoms with van der Waals surface area (Å²) < 4.78 is 36.9. The van der Waals surface area contributed by atoms with E-state index in [4.69, 9.17) is 0 Å². The molecule has 1 heterocycles. The van der Waals surface area contributed by atoms with Crippen LogP contribution in [0.15, 0.2) is 30.3 Å². The molecule has 0 bridgehead atoms. The lowest BCUT2D eigenvalue weighted by Crippen LogP contribution is -2.53. The normalized spacial score (nSPS) is 20.9. The van der Waals surface area contributed by atoms with Crippen LogP contribution in [0.25, 0.3) is 0 Å². The largest absolute Gasteiger partial charge is 0.391 e. The summed E-state index contributed by atoms with van der Waals surface area (Å²) in [6.45, 7) is 0.414. The molecule has 4 nitrogen and oxygen atoms in total. The fourth-order valence-electron chi connectivity index (χ4n) is 2.92. The third-order valence-electron chi connectivity index (χ3n) is 3.98. The highest BCUT2D eigenvalue weighted by Gasteiger charge is 2.35. The number of hydrogen-bond donors (Lipinski definition) is 1. The number of hydrogen-bond acceptors (Lipinski definition) is 3. The van der Waals surface area contributed by atoms with Crippen molar-refractivity contribution in [1.29, 1.82) is 0 Å². The maximum atomic E-state index is 12.6. The molecule has 1 saturated heterocycles. The maximum absolute atomic E-state index is 12.6. The van der Waals surface area contributed by atoms with Crippen molar-refractivity contribution in [3.63, 3.8) is 0 Å². The van der Waals surface area contributed by atoms with Crippen LogP contribution in [0.5, 0.6) is 0 Å². The highest BCUT2D eigenvalue weighted by atomic mass is 19.4. The van der Waals surface area contributed by atoms with E-state index in [0.29, 0.717) is 13.0 Å². The Morgan fingerprint density at radius 1 is 1.35 bits per heavy atom. The van der Waals surface area contributed by atoms with Crippen LogP contribution in [-0.4, -0.2) is 54.4 Å². The van der Waals surface area contributed by atoms with Gasteiger partial charge < -0.3 is 10.0 Å². The summed E-state index contributed by atoms with van der Waals surface area (Å²) in [6, 6.07) is 8.69. The second kappa shape index (κ2) is 7.31. The topological polar surface area (TPSA) is 43.8 Å². The first-order chi connectivity index (χ1) is 10.8. The third-order valence-corrected chi connectivity index (χ3v) is 3.98. The molecular weight excluding hydrogens is 309 g/mol. The Kier molecular flexibility index (Phi) is 5.64. The lowest BCUT2D eigenvalue weighted by atomic mass is 10.0. The van der Waals surface area contributed by atoms with Crippen molar-refractivity contribution in [2.24, 2.45) is 0 Å². The van der Waals surface area contributed by atoms with Crippen molar-refractivity contribution in [2.75, 3.05) is 25.0 Å². The Balaban J connectivity index is 2.00. The lowest BCUT2D eigenvalue weighted by molar-refractivity contribution is -0.155. The molecule has 0 radical (unpaired) electrons. The molecule has 1 N–H and O–H groups in total. The van der Waals surface area contributed by atoms with E-state index in [1.54, 1.807) is 11.9 Å². The summed E-state index contributed by atoms with van der Waals surface area (Å²) in [5.41, 5.74) is 0.784. The molecule has 0 aromatic heterocycles. The van der Waals surface area contributed by atoms with Crippen LogP contribution in [0, 0.1) is 0 Å². The predicted molar refractivity (Wildman–Crippen MR) is 81.1 cm³/mol. The van der Waals surface area contributed by atoms with Gasteiger partial charge in [-0.3, -0.25) is 9.69 Å². The van der Waals surface area contributed by atoms with Crippen LogP contribution in [-0.2, 0) is 4.79 Å². The first-order valence-electron chi connectivity index (χ1n) is 7.59. The SMILES string of the molecule is CN(C[C@H](O)CC(F)(F)F)[C@@H]1CCCN(c2ccccc2)C1=O. The van der Waals surface area contributed by atoms with E-state index in [-0.39, 0.29) is 12.5 Å². The van der Waals surface area contributed by atoms with E-state index in [1.807, 2.05) is 30.3 Å². The van der Waals surface area contributed by atoms with E-state index in [2.05, 4.69) is 0 Å². The highest BCUT2D eigenvalue weighted by Crippen LogP contribution is 2.25. The summed E-state index contributed by atoms with van der Waals surface area (Å²) in [7, 11) is 1.58. The summed E-state index contributed by atoms with van der Waals surface area (Å²) in [6.07, 6.45) is -5.85. The summed E-state index contributed by atoms with van der Waals surface area (Å²) in [5.74, 6) is -0.135. The number of piperidine rings is 1. The van der Waals surface area contributed by atoms with Crippen LogP contribution < -0.4 is 4.90 Å². The Morgan fingerprint density at radius 2 is 2.00 bits per heavy atom. The molecule has 0 aliphatic carbocycles. The smallest absolute Gasteiger partial charge is 0.391 e. The second-order valence-electron chi connectivity index (χ2n) is 5.90. The van der Waals surface area contributed by atoms with Crippen LogP contribution in [0.1, 0.15) is 19.3 Å². The Labute approximate surface area is 133 Å². The fraction of sp³-hybridized carbons (Fsp3) is 0.562. The standard InChI is InChI=1S/C16H21F3N2O2/c1-20(11-13(22)10-16(17,18)19)14-8-5-9-21(15(14)23)12-6-3-2-4-7-12/h2-4,6-7,13-14,22H,5,8-11H2,1H3/t13-,14-/m1/s1. The van der Waals surface area contributed by atoms with E-state index in [1.165, 1.54) is 4.90 Å². The average Bonchev–Trinajstić information content (AvgIpc) is 2.46. The fourth-order valence-corrected chi connectivity index (χ4v) is 2.92. The molecule has 1 amide bonds. The Hall–Kier alpha value is -1.60. The lowest BCUT2D eigenvalue weighted by Gasteiger charge is -2.37. The first kappa shape index (κ1) is 17.7. The molecule has 0 saturated carbocycles. The van der Waals surface area contributed by atoms with Gasteiger partial charge in [0.15, 0.2) is 0 Å². The van der Waals surface area contributed by atoms with E-state index >= 15 is 0 Å². The number of alkyl halides is 3. The van der Waals surface area contributed by atoms with Crippen molar-refractivity contribution in [3.05, 3.63) is 30.3 Å². The molecule has 1 fully saturated rings. The number of carbonyl (C=O) groups excluding carboxylic acids is 1. The van der Waals surface area contributed by atoms with E-state index in [0.717, 1.165) is 12.1 Å². The zero-order valence-electron chi connectivity index (χ0n) is 13.0. The van der Waals surface area contributed by atoms with Crippen LogP contribution in [0.2, 0.25) is 0 Å². The maximum Gasteiger partial charge on any atom is 0.391 e. The van der Waals surface area contributed by atoms with Gasteiger partial charge >= 0.3 is 6.18 Å². The number of benzene rings is 1. The van der Waals surface area contributed by atoms with Gasteiger partial charge in [-0.15, -0.1) is 0 Å². The van der Waals surface area contributed by atoms with Crippen LogP contribution in [0.3, 0.4) is 0 Å². The van der Waals surface area contributed by atoms with Gasteiger partial charge in [-0.2, -0.15) is 13.2 Å². The Bertz CT molecular complexity index is 522. The number of para-hydroxylation sites is 1. The quantitative estimate of drug-likeness (QED) is 0.902. The molecule has 0 unspecified atom stereocenters. The van der Waals surface area contributed by atoms with Gasteiger partial charge in [-0.05, 0) is 32.0 Å². The van der Waals surface area contributed by atoms with Gasteiger partial charge in [-0.1, -0.05) is 18.2 Å². The molecule has 2 atom stereocenters. The minimum absolute atomic E-state index is 0.135. The second-order valence-corrected chi connectivity index (χ2v) is 5.90. The van der Waals surface area contributed by atoms with Gasteiger partial charge in [-0.25, -0.2) is 0 Å². The van der Waals surface area contributed by atoms with Gasteiger partial charge in [0.2, 0.25) is 5.91 Å². The molecular formula is C16H21F3N2O2. The number of nitrogens with zero attached hydrogens (tertiary/aromatic N) is 2. The van der Waals surface area contributed by atoms with E-state index in [9.17, 15) is 23.1 Å². The van der Waals surface area contributed by atoms with Crippen molar-refractivity contribution >= 4 is 11.6 Å².